The summed E-state index contributed by atoms with van der Waals surface area (Å²) in [5, 5.41) is 13.4. The lowest BCUT2D eigenvalue weighted by atomic mass is 10.3. The Labute approximate surface area is 81.7 Å². The van der Waals surface area contributed by atoms with Gasteiger partial charge in [0.1, 0.15) is 11.6 Å². The van der Waals surface area contributed by atoms with E-state index in [1.54, 1.807) is 26.0 Å². The van der Waals surface area contributed by atoms with Gasteiger partial charge in [-0.25, -0.2) is 4.98 Å². The molecule has 0 fully saturated rings. The summed E-state index contributed by atoms with van der Waals surface area (Å²) in [5.41, 5.74) is 0.0352. The first-order valence-corrected chi connectivity index (χ1v) is 4.06. The second-order valence-electron chi connectivity index (χ2n) is 2.97. The lowest BCUT2D eigenvalue weighted by Crippen LogP contribution is -2.11. The van der Waals surface area contributed by atoms with Gasteiger partial charge in [-0.3, -0.25) is 10.1 Å². The highest BCUT2D eigenvalue weighted by Gasteiger charge is 2.11. The molecular weight excluding hydrogens is 184 g/mol. The van der Waals surface area contributed by atoms with Crippen LogP contribution in [0, 0.1) is 10.1 Å². The lowest BCUT2D eigenvalue weighted by Gasteiger charge is -2.11. The van der Waals surface area contributed by atoms with Crippen LogP contribution in [0.2, 0.25) is 0 Å². The average Bonchev–Trinajstić information content (AvgIpc) is 2.16. The molecular formula is C8H12N4O2. The third-order valence-corrected chi connectivity index (χ3v) is 1.72. The maximum absolute atomic E-state index is 10.6. The molecule has 1 aromatic heterocycles. The third-order valence-electron chi connectivity index (χ3n) is 1.72. The summed E-state index contributed by atoms with van der Waals surface area (Å²) in [4.78, 5) is 16.0. The van der Waals surface area contributed by atoms with Crippen LogP contribution in [0.1, 0.15) is 0 Å². The van der Waals surface area contributed by atoms with Crippen LogP contribution in [0.3, 0.4) is 0 Å². The molecule has 0 atom stereocenters. The molecule has 0 bridgehead atoms. The highest BCUT2D eigenvalue weighted by molar-refractivity contribution is 5.55. The van der Waals surface area contributed by atoms with E-state index in [0.29, 0.717) is 11.6 Å². The second kappa shape index (κ2) is 3.91. The number of nitrogens with one attached hydrogen (secondary N) is 1. The van der Waals surface area contributed by atoms with Crippen molar-refractivity contribution in [1.29, 1.82) is 0 Å². The van der Waals surface area contributed by atoms with Crippen molar-refractivity contribution in [1.82, 2.24) is 4.98 Å². The van der Waals surface area contributed by atoms with Crippen LogP contribution in [0.25, 0.3) is 0 Å². The van der Waals surface area contributed by atoms with Crippen molar-refractivity contribution < 1.29 is 4.92 Å². The summed E-state index contributed by atoms with van der Waals surface area (Å²) < 4.78 is 0. The molecule has 1 aromatic rings. The fourth-order valence-corrected chi connectivity index (χ4v) is 0.965. The first-order valence-electron chi connectivity index (χ1n) is 4.06. The van der Waals surface area contributed by atoms with E-state index in [4.69, 9.17) is 0 Å². The standard InChI is InChI=1S/C8H12N4O2/c1-9-7-4-6(12(13)14)5-8(10-7)11(2)3/h4-5H,1-3H3,(H,9,10). The molecule has 0 aliphatic heterocycles. The Hall–Kier alpha value is -1.85. The molecule has 1 N–H and O–H groups in total. The number of rotatable bonds is 3. The van der Waals surface area contributed by atoms with E-state index < -0.39 is 4.92 Å². The van der Waals surface area contributed by atoms with E-state index in [1.807, 2.05) is 0 Å². The molecule has 0 spiro atoms. The van der Waals surface area contributed by atoms with E-state index >= 15 is 0 Å². The van der Waals surface area contributed by atoms with Crippen LogP contribution in [0.5, 0.6) is 0 Å². The van der Waals surface area contributed by atoms with Gasteiger partial charge >= 0.3 is 0 Å². The Bertz CT molecular complexity index is 351. The summed E-state index contributed by atoms with van der Waals surface area (Å²) in [5.74, 6) is 1.05. The van der Waals surface area contributed by atoms with Crippen molar-refractivity contribution in [3.63, 3.8) is 0 Å². The van der Waals surface area contributed by atoms with Gasteiger partial charge in [0.2, 0.25) is 0 Å². The van der Waals surface area contributed by atoms with Crippen molar-refractivity contribution in [2.45, 2.75) is 0 Å². The molecule has 76 valence electrons. The zero-order valence-electron chi connectivity index (χ0n) is 8.31. The van der Waals surface area contributed by atoms with Crippen LogP contribution in [-0.4, -0.2) is 31.1 Å². The third kappa shape index (κ3) is 2.09. The molecule has 0 saturated carbocycles. The maximum atomic E-state index is 10.6. The van der Waals surface area contributed by atoms with Crippen molar-refractivity contribution in [2.24, 2.45) is 0 Å². The molecule has 0 amide bonds. The molecule has 0 saturated heterocycles. The quantitative estimate of drug-likeness (QED) is 0.579. The Kier molecular flexibility index (Phi) is 2.85. The summed E-state index contributed by atoms with van der Waals surface area (Å²) in [6.45, 7) is 0. The van der Waals surface area contributed by atoms with E-state index in [-0.39, 0.29) is 5.69 Å². The van der Waals surface area contributed by atoms with Crippen LogP contribution in [0.15, 0.2) is 12.1 Å². The smallest absolute Gasteiger partial charge is 0.276 e. The molecule has 1 rings (SSSR count). The monoisotopic (exact) mass is 196 g/mol. The van der Waals surface area contributed by atoms with E-state index in [9.17, 15) is 10.1 Å². The molecule has 0 aromatic carbocycles. The minimum Gasteiger partial charge on any atom is -0.373 e. The van der Waals surface area contributed by atoms with Gasteiger partial charge in [0.15, 0.2) is 0 Å². The predicted molar refractivity (Wildman–Crippen MR) is 54.8 cm³/mol. The van der Waals surface area contributed by atoms with Crippen LogP contribution in [-0.2, 0) is 0 Å². The molecule has 6 nitrogen and oxygen atoms in total. The zero-order chi connectivity index (χ0) is 10.7. The lowest BCUT2D eigenvalue weighted by molar-refractivity contribution is -0.384. The number of hydrogen-bond donors (Lipinski definition) is 1. The SMILES string of the molecule is CNc1cc([N+](=O)[O-])cc(N(C)C)n1. The minimum atomic E-state index is -0.435. The van der Waals surface area contributed by atoms with Gasteiger partial charge in [0, 0.05) is 21.1 Å². The summed E-state index contributed by atoms with van der Waals surface area (Å²) in [7, 11) is 5.24. The van der Waals surface area contributed by atoms with Gasteiger partial charge in [0.25, 0.3) is 5.69 Å². The van der Waals surface area contributed by atoms with Gasteiger partial charge in [-0.1, -0.05) is 0 Å². The Balaban J connectivity index is 3.20. The summed E-state index contributed by atoms with van der Waals surface area (Å²) >= 11 is 0. The van der Waals surface area contributed by atoms with Crippen molar-refractivity contribution in [3.8, 4) is 0 Å². The molecule has 0 aliphatic carbocycles. The topological polar surface area (TPSA) is 71.3 Å². The summed E-state index contributed by atoms with van der Waals surface area (Å²) in [6, 6.07) is 2.83. The normalized spacial score (nSPS) is 9.64. The van der Waals surface area contributed by atoms with E-state index in [2.05, 4.69) is 10.3 Å². The highest BCUT2D eigenvalue weighted by Crippen LogP contribution is 2.21. The van der Waals surface area contributed by atoms with Crippen molar-refractivity contribution in [3.05, 3.63) is 22.2 Å². The highest BCUT2D eigenvalue weighted by atomic mass is 16.6. The zero-order valence-corrected chi connectivity index (χ0v) is 8.31. The van der Waals surface area contributed by atoms with Gasteiger partial charge in [-0.15, -0.1) is 0 Å². The number of hydrogen-bond acceptors (Lipinski definition) is 5. The fraction of sp³-hybridized carbons (Fsp3) is 0.375. The van der Waals surface area contributed by atoms with Crippen molar-refractivity contribution >= 4 is 17.3 Å². The van der Waals surface area contributed by atoms with E-state index in [1.165, 1.54) is 12.1 Å². The number of anilines is 2. The number of nitro groups is 1. The Morgan fingerprint density at radius 1 is 1.50 bits per heavy atom. The molecule has 14 heavy (non-hydrogen) atoms. The van der Waals surface area contributed by atoms with Crippen LogP contribution >= 0.6 is 0 Å². The molecule has 0 unspecified atom stereocenters. The number of nitrogens with zero attached hydrogens (tertiary/aromatic N) is 3. The van der Waals surface area contributed by atoms with Crippen LogP contribution in [0.4, 0.5) is 17.3 Å². The van der Waals surface area contributed by atoms with Gasteiger partial charge < -0.3 is 10.2 Å². The number of pyridine rings is 1. The number of aromatic nitrogens is 1. The fourth-order valence-electron chi connectivity index (χ4n) is 0.965. The Morgan fingerprint density at radius 2 is 2.14 bits per heavy atom. The second-order valence-corrected chi connectivity index (χ2v) is 2.97. The molecule has 0 radical (unpaired) electrons. The summed E-state index contributed by atoms with van der Waals surface area (Å²) in [6.07, 6.45) is 0. The Morgan fingerprint density at radius 3 is 2.57 bits per heavy atom. The van der Waals surface area contributed by atoms with Gasteiger partial charge in [-0.05, 0) is 0 Å². The predicted octanol–water partition coefficient (Wildman–Crippen LogP) is 1.10. The minimum absolute atomic E-state index is 0.0352. The molecule has 1 heterocycles. The van der Waals surface area contributed by atoms with Crippen LogP contribution < -0.4 is 10.2 Å². The first kappa shape index (κ1) is 10.2. The average molecular weight is 196 g/mol. The molecule has 0 aliphatic rings. The van der Waals surface area contributed by atoms with Crippen molar-refractivity contribution in [2.75, 3.05) is 31.4 Å². The molecule has 6 heteroatoms. The van der Waals surface area contributed by atoms with Gasteiger partial charge in [0.05, 0.1) is 17.1 Å². The van der Waals surface area contributed by atoms with Gasteiger partial charge in [-0.2, -0.15) is 0 Å². The largest absolute Gasteiger partial charge is 0.373 e. The first-order chi connectivity index (χ1) is 6.54. The van der Waals surface area contributed by atoms with E-state index in [0.717, 1.165) is 0 Å². The maximum Gasteiger partial charge on any atom is 0.276 e.